The molecule has 2 aromatic carbocycles. The summed E-state index contributed by atoms with van der Waals surface area (Å²) in [5, 5.41) is 20.3. The van der Waals surface area contributed by atoms with Gasteiger partial charge >= 0.3 is 0 Å². The summed E-state index contributed by atoms with van der Waals surface area (Å²) in [6.07, 6.45) is 1.45. The molecule has 1 heterocycles. The number of aromatic hydroxyl groups is 1. The number of thioether (sulfide) groups is 1. The third-order valence-electron chi connectivity index (χ3n) is 3.60. The van der Waals surface area contributed by atoms with Gasteiger partial charge in [0.15, 0.2) is 11.0 Å². The second-order valence-electron chi connectivity index (χ2n) is 5.44. The lowest BCUT2D eigenvalue weighted by Crippen LogP contribution is -2.26. The Morgan fingerprint density at radius 2 is 1.96 bits per heavy atom. The van der Waals surface area contributed by atoms with Crippen LogP contribution in [0.25, 0.3) is 0 Å². The standard InChI is InChI=1S/C18H14ClN3O3S/c19-13-7-5-11(6-8-13)15(24)9-16-17(25)21-18(26-16)22-20-10-12-3-1-2-4-14(12)23/h1-8,10,16,23H,9H2,(H,21,22,25)/b20-10-. The molecule has 0 spiro atoms. The van der Waals surface area contributed by atoms with E-state index in [0.717, 1.165) is 11.8 Å². The lowest BCUT2D eigenvalue weighted by atomic mass is 10.1. The van der Waals surface area contributed by atoms with Crippen LogP contribution in [-0.2, 0) is 4.79 Å². The molecule has 0 aromatic heterocycles. The summed E-state index contributed by atoms with van der Waals surface area (Å²) in [5.41, 5.74) is 1.02. The van der Waals surface area contributed by atoms with Crippen molar-refractivity contribution >= 4 is 46.4 Å². The molecule has 1 unspecified atom stereocenters. The monoisotopic (exact) mass is 387 g/mol. The lowest BCUT2D eigenvalue weighted by molar-refractivity contribution is -0.118. The number of hydrogen-bond acceptors (Lipinski definition) is 6. The normalized spacial score (nSPS) is 18.4. The first-order valence-corrected chi connectivity index (χ1v) is 8.94. The number of halogens is 1. The van der Waals surface area contributed by atoms with Crippen LogP contribution in [0.1, 0.15) is 22.3 Å². The smallest absolute Gasteiger partial charge is 0.240 e. The minimum absolute atomic E-state index is 0.0559. The molecule has 1 aliphatic heterocycles. The Balaban J connectivity index is 1.62. The van der Waals surface area contributed by atoms with Crippen molar-refractivity contribution in [1.82, 2.24) is 5.32 Å². The number of carbonyl (C=O) groups excluding carboxylic acids is 2. The van der Waals surface area contributed by atoms with E-state index >= 15 is 0 Å². The number of phenolic OH excluding ortho intramolecular Hbond substituents is 1. The number of nitrogens with one attached hydrogen (secondary N) is 1. The molecule has 1 atom stereocenters. The van der Waals surface area contributed by atoms with Gasteiger partial charge in [-0.3, -0.25) is 9.59 Å². The fraction of sp³-hybridized carbons (Fsp3) is 0.111. The van der Waals surface area contributed by atoms with Gasteiger partial charge in [0.05, 0.1) is 11.5 Å². The maximum atomic E-state index is 12.3. The number of hydrogen-bond donors (Lipinski definition) is 2. The number of para-hydroxylation sites is 1. The van der Waals surface area contributed by atoms with Crippen molar-refractivity contribution in [1.29, 1.82) is 0 Å². The van der Waals surface area contributed by atoms with E-state index in [1.807, 2.05) is 0 Å². The Morgan fingerprint density at radius 3 is 2.69 bits per heavy atom. The number of amidine groups is 1. The van der Waals surface area contributed by atoms with E-state index < -0.39 is 5.25 Å². The van der Waals surface area contributed by atoms with Crippen LogP contribution in [0.15, 0.2) is 58.7 Å². The minimum atomic E-state index is -0.558. The second kappa shape index (κ2) is 8.16. The molecule has 0 saturated carbocycles. The van der Waals surface area contributed by atoms with Gasteiger partial charge in [0.2, 0.25) is 5.91 Å². The predicted octanol–water partition coefficient (Wildman–Crippen LogP) is 3.24. The highest BCUT2D eigenvalue weighted by Gasteiger charge is 2.32. The summed E-state index contributed by atoms with van der Waals surface area (Å²) in [5.74, 6) is -0.340. The van der Waals surface area contributed by atoms with Gasteiger partial charge in [0.25, 0.3) is 0 Å². The molecular weight excluding hydrogens is 374 g/mol. The molecule has 1 amide bonds. The van der Waals surface area contributed by atoms with Crippen LogP contribution in [0.3, 0.4) is 0 Å². The van der Waals surface area contributed by atoms with Crippen molar-refractivity contribution in [3.63, 3.8) is 0 Å². The lowest BCUT2D eigenvalue weighted by Gasteiger charge is -2.04. The zero-order valence-corrected chi connectivity index (χ0v) is 15.0. The maximum absolute atomic E-state index is 12.3. The van der Waals surface area contributed by atoms with Crippen molar-refractivity contribution in [3.05, 3.63) is 64.7 Å². The van der Waals surface area contributed by atoms with Gasteiger partial charge in [-0.15, -0.1) is 5.10 Å². The molecule has 6 nitrogen and oxygen atoms in total. The van der Waals surface area contributed by atoms with Gasteiger partial charge in [-0.25, -0.2) is 0 Å². The largest absolute Gasteiger partial charge is 0.507 e. The molecule has 1 aliphatic rings. The molecule has 1 fully saturated rings. The van der Waals surface area contributed by atoms with Gasteiger partial charge in [0, 0.05) is 22.6 Å². The zero-order valence-electron chi connectivity index (χ0n) is 13.4. The van der Waals surface area contributed by atoms with Crippen LogP contribution in [-0.4, -0.2) is 33.4 Å². The Hall–Kier alpha value is -2.64. The van der Waals surface area contributed by atoms with E-state index in [2.05, 4.69) is 15.5 Å². The minimum Gasteiger partial charge on any atom is -0.507 e. The van der Waals surface area contributed by atoms with Crippen LogP contribution in [0.4, 0.5) is 0 Å². The Kier molecular flexibility index (Phi) is 5.70. The average molecular weight is 388 g/mol. The van der Waals surface area contributed by atoms with Crippen LogP contribution in [0.2, 0.25) is 5.02 Å². The van der Waals surface area contributed by atoms with Gasteiger partial charge in [0.1, 0.15) is 5.75 Å². The number of carbonyl (C=O) groups is 2. The fourth-order valence-corrected chi connectivity index (χ4v) is 3.30. The average Bonchev–Trinajstić information content (AvgIpc) is 2.96. The van der Waals surface area contributed by atoms with Gasteiger partial charge in [-0.2, -0.15) is 5.10 Å². The SMILES string of the molecule is O=C(CC1S/C(=N\N=C/c2ccccc2O)NC1=O)c1ccc(Cl)cc1. The molecule has 0 bridgehead atoms. The second-order valence-corrected chi connectivity index (χ2v) is 7.07. The number of benzene rings is 2. The number of rotatable bonds is 5. The molecule has 2 aromatic rings. The molecule has 3 rings (SSSR count). The van der Waals surface area contributed by atoms with Gasteiger partial charge < -0.3 is 10.4 Å². The summed E-state index contributed by atoms with van der Waals surface area (Å²) >= 11 is 6.96. The molecule has 132 valence electrons. The van der Waals surface area contributed by atoms with Gasteiger partial charge in [-0.1, -0.05) is 35.5 Å². The highest BCUT2D eigenvalue weighted by molar-refractivity contribution is 8.15. The van der Waals surface area contributed by atoms with E-state index in [4.69, 9.17) is 11.6 Å². The Bertz CT molecular complexity index is 897. The van der Waals surface area contributed by atoms with Gasteiger partial charge in [-0.05, 0) is 36.4 Å². The van der Waals surface area contributed by atoms with E-state index in [0.29, 0.717) is 21.3 Å². The highest BCUT2D eigenvalue weighted by atomic mass is 35.5. The van der Waals surface area contributed by atoms with E-state index in [9.17, 15) is 14.7 Å². The molecule has 1 saturated heterocycles. The van der Waals surface area contributed by atoms with E-state index in [1.54, 1.807) is 48.5 Å². The number of amides is 1. The molecule has 0 aliphatic carbocycles. The molecule has 26 heavy (non-hydrogen) atoms. The Labute approximate surface area is 159 Å². The molecule has 2 N–H and O–H groups in total. The van der Waals surface area contributed by atoms with Crippen molar-refractivity contribution in [2.24, 2.45) is 10.2 Å². The molecule has 0 radical (unpaired) electrons. The predicted molar refractivity (Wildman–Crippen MR) is 103 cm³/mol. The summed E-state index contributed by atoms with van der Waals surface area (Å²) in [4.78, 5) is 24.3. The number of ketones is 1. The maximum Gasteiger partial charge on any atom is 0.240 e. The van der Waals surface area contributed by atoms with Crippen LogP contribution >= 0.6 is 23.4 Å². The first-order valence-electron chi connectivity index (χ1n) is 7.68. The van der Waals surface area contributed by atoms with Crippen molar-refractivity contribution in [3.8, 4) is 5.75 Å². The van der Waals surface area contributed by atoms with Crippen molar-refractivity contribution < 1.29 is 14.7 Å². The third-order valence-corrected chi connectivity index (χ3v) is 4.92. The van der Waals surface area contributed by atoms with Crippen molar-refractivity contribution in [2.75, 3.05) is 0 Å². The number of phenols is 1. The Morgan fingerprint density at radius 1 is 1.23 bits per heavy atom. The van der Waals surface area contributed by atoms with Crippen LogP contribution in [0, 0.1) is 0 Å². The third kappa shape index (κ3) is 4.50. The van der Waals surface area contributed by atoms with Crippen LogP contribution < -0.4 is 5.32 Å². The molecular formula is C18H14ClN3O3S. The zero-order chi connectivity index (χ0) is 18.5. The van der Waals surface area contributed by atoms with Crippen molar-refractivity contribution in [2.45, 2.75) is 11.7 Å². The van der Waals surface area contributed by atoms with E-state index in [-0.39, 0.29) is 23.9 Å². The van der Waals surface area contributed by atoms with E-state index in [1.165, 1.54) is 6.21 Å². The fourth-order valence-electron chi connectivity index (χ4n) is 2.25. The number of nitrogens with zero attached hydrogens (tertiary/aromatic N) is 2. The summed E-state index contributed by atoms with van der Waals surface area (Å²) < 4.78 is 0. The summed E-state index contributed by atoms with van der Waals surface area (Å²) in [6.45, 7) is 0. The summed E-state index contributed by atoms with van der Waals surface area (Å²) in [7, 11) is 0. The first kappa shape index (κ1) is 18.2. The topological polar surface area (TPSA) is 91.1 Å². The van der Waals surface area contributed by atoms with Crippen LogP contribution in [0.5, 0.6) is 5.75 Å². The summed E-state index contributed by atoms with van der Waals surface area (Å²) in [6, 6.07) is 13.2. The first-order chi connectivity index (χ1) is 12.5. The number of Topliss-reactive ketones (excluding diaryl/α,β-unsaturated/α-hetero) is 1. The quantitative estimate of drug-likeness (QED) is 0.468. The highest BCUT2D eigenvalue weighted by Crippen LogP contribution is 2.24. The molecule has 8 heteroatoms.